The van der Waals surface area contributed by atoms with Crippen LogP contribution in [0.5, 0.6) is 0 Å². The Labute approximate surface area is 194 Å². The molecular weight excluding hydrogens is 416 g/mol. The summed E-state index contributed by atoms with van der Waals surface area (Å²) in [6.07, 6.45) is 5.74. The molecule has 0 unspecified atom stereocenters. The number of ether oxygens (including phenoxy) is 1. The standard InChI is InChI=1S/C26H30N4O3/c31-24(27-18-20-14-16-33-17-15-20)13-7-10-22-19-30(23-11-5-2-6-12-23)26(28-22)29-25(32)21-8-3-1-4-9-21/h1-6,8-9,11-12,19-20H,7,10,13-18H2,(H,27,31)(H,28,29,32). The molecular formula is C26H30N4O3. The van der Waals surface area contributed by atoms with E-state index >= 15 is 0 Å². The van der Waals surface area contributed by atoms with Gasteiger partial charge in [0.1, 0.15) is 0 Å². The summed E-state index contributed by atoms with van der Waals surface area (Å²) < 4.78 is 7.24. The van der Waals surface area contributed by atoms with Gasteiger partial charge in [-0.3, -0.25) is 19.5 Å². The number of anilines is 1. The van der Waals surface area contributed by atoms with Crippen molar-refractivity contribution < 1.29 is 14.3 Å². The highest BCUT2D eigenvalue weighted by atomic mass is 16.5. The number of rotatable bonds is 9. The van der Waals surface area contributed by atoms with E-state index in [1.165, 1.54) is 0 Å². The number of carbonyl (C=O) groups is 2. The van der Waals surface area contributed by atoms with Crippen molar-refractivity contribution in [1.29, 1.82) is 0 Å². The summed E-state index contributed by atoms with van der Waals surface area (Å²) in [5.74, 6) is 0.841. The number of amides is 2. The zero-order valence-corrected chi connectivity index (χ0v) is 18.7. The lowest BCUT2D eigenvalue weighted by molar-refractivity contribution is -0.121. The maximum Gasteiger partial charge on any atom is 0.257 e. The highest BCUT2D eigenvalue weighted by Gasteiger charge is 2.16. The quantitative estimate of drug-likeness (QED) is 0.521. The summed E-state index contributed by atoms with van der Waals surface area (Å²) in [6.45, 7) is 2.29. The van der Waals surface area contributed by atoms with Gasteiger partial charge in [0.2, 0.25) is 11.9 Å². The van der Waals surface area contributed by atoms with Gasteiger partial charge < -0.3 is 10.1 Å². The number of hydrogen-bond acceptors (Lipinski definition) is 4. The van der Waals surface area contributed by atoms with Crippen LogP contribution in [0, 0.1) is 5.92 Å². The van der Waals surface area contributed by atoms with E-state index in [-0.39, 0.29) is 11.8 Å². The van der Waals surface area contributed by atoms with Gasteiger partial charge in [-0.25, -0.2) is 4.98 Å². The Hall–Kier alpha value is -3.45. The minimum Gasteiger partial charge on any atom is -0.381 e. The topological polar surface area (TPSA) is 85.2 Å². The molecule has 2 amide bonds. The van der Waals surface area contributed by atoms with E-state index in [0.29, 0.717) is 36.7 Å². The first kappa shape index (κ1) is 22.7. The molecule has 1 aliphatic rings. The Morgan fingerprint density at radius 2 is 1.70 bits per heavy atom. The zero-order valence-electron chi connectivity index (χ0n) is 18.7. The maximum absolute atomic E-state index is 12.7. The second-order valence-electron chi connectivity index (χ2n) is 8.29. The van der Waals surface area contributed by atoms with Gasteiger partial charge in [0.15, 0.2) is 0 Å². The molecule has 7 heteroatoms. The van der Waals surface area contributed by atoms with Crippen molar-refractivity contribution in [3.05, 3.63) is 78.1 Å². The van der Waals surface area contributed by atoms with Crippen molar-refractivity contribution in [2.24, 2.45) is 5.92 Å². The van der Waals surface area contributed by atoms with E-state index < -0.39 is 0 Å². The minimum absolute atomic E-state index is 0.0709. The highest BCUT2D eigenvalue weighted by molar-refractivity contribution is 6.03. The van der Waals surface area contributed by atoms with E-state index in [4.69, 9.17) is 4.74 Å². The van der Waals surface area contributed by atoms with Crippen LogP contribution in [0.4, 0.5) is 5.95 Å². The molecule has 0 spiro atoms. The number of benzene rings is 2. The molecule has 0 saturated carbocycles. The third-order valence-corrected chi connectivity index (χ3v) is 5.82. The molecule has 3 aromatic rings. The van der Waals surface area contributed by atoms with Crippen LogP contribution in [0.25, 0.3) is 5.69 Å². The summed E-state index contributed by atoms with van der Waals surface area (Å²) in [5, 5.41) is 5.97. The van der Waals surface area contributed by atoms with E-state index in [1.807, 2.05) is 59.3 Å². The van der Waals surface area contributed by atoms with Crippen LogP contribution in [-0.4, -0.2) is 41.1 Å². The first-order valence-electron chi connectivity index (χ1n) is 11.5. The van der Waals surface area contributed by atoms with Crippen LogP contribution in [0.15, 0.2) is 66.9 Å². The van der Waals surface area contributed by atoms with Gasteiger partial charge in [-0.05, 0) is 55.9 Å². The number of para-hydroxylation sites is 1. The number of nitrogens with one attached hydrogen (secondary N) is 2. The first-order valence-corrected chi connectivity index (χ1v) is 11.5. The van der Waals surface area contributed by atoms with Crippen molar-refractivity contribution in [2.75, 3.05) is 25.1 Å². The maximum atomic E-state index is 12.7. The number of aryl methyl sites for hydroxylation is 1. The highest BCUT2D eigenvalue weighted by Crippen LogP contribution is 2.19. The largest absolute Gasteiger partial charge is 0.381 e. The molecule has 1 fully saturated rings. The van der Waals surface area contributed by atoms with Crippen LogP contribution in [-0.2, 0) is 16.0 Å². The fourth-order valence-electron chi connectivity index (χ4n) is 3.91. The smallest absolute Gasteiger partial charge is 0.257 e. The molecule has 4 rings (SSSR count). The normalized spacial score (nSPS) is 14.1. The minimum atomic E-state index is -0.211. The molecule has 1 aromatic heterocycles. The Kier molecular flexibility index (Phi) is 7.87. The fourth-order valence-corrected chi connectivity index (χ4v) is 3.91. The molecule has 0 bridgehead atoms. The van der Waals surface area contributed by atoms with Gasteiger partial charge in [0, 0.05) is 43.6 Å². The third-order valence-electron chi connectivity index (χ3n) is 5.82. The molecule has 2 N–H and O–H groups in total. The van der Waals surface area contributed by atoms with Crippen LogP contribution < -0.4 is 10.6 Å². The number of hydrogen-bond donors (Lipinski definition) is 2. The predicted octanol–water partition coefficient (Wildman–Crippen LogP) is 3.99. The number of nitrogens with zero attached hydrogens (tertiary/aromatic N) is 2. The molecule has 1 saturated heterocycles. The molecule has 172 valence electrons. The molecule has 7 nitrogen and oxygen atoms in total. The zero-order chi connectivity index (χ0) is 22.9. The Bertz CT molecular complexity index is 1040. The SMILES string of the molecule is O=C(CCCc1cn(-c2ccccc2)c(NC(=O)c2ccccc2)n1)NCC1CCOCC1. The summed E-state index contributed by atoms with van der Waals surface area (Å²) in [6, 6.07) is 18.8. The molecule has 0 aliphatic carbocycles. The summed E-state index contributed by atoms with van der Waals surface area (Å²) in [5.41, 5.74) is 2.32. The van der Waals surface area contributed by atoms with Crippen LogP contribution in [0.2, 0.25) is 0 Å². The third kappa shape index (κ3) is 6.52. The lowest BCUT2D eigenvalue weighted by Gasteiger charge is -2.22. The molecule has 0 atom stereocenters. The molecule has 2 aromatic carbocycles. The van der Waals surface area contributed by atoms with Gasteiger partial charge in [0.05, 0.1) is 5.69 Å². The van der Waals surface area contributed by atoms with Crippen LogP contribution >= 0.6 is 0 Å². The molecule has 0 radical (unpaired) electrons. The second-order valence-corrected chi connectivity index (χ2v) is 8.29. The van der Waals surface area contributed by atoms with E-state index in [9.17, 15) is 9.59 Å². The lowest BCUT2D eigenvalue weighted by atomic mass is 10.0. The van der Waals surface area contributed by atoms with E-state index in [1.54, 1.807) is 12.1 Å². The fraction of sp³-hybridized carbons (Fsp3) is 0.346. The Balaban J connectivity index is 1.36. The Morgan fingerprint density at radius 3 is 2.42 bits per heavy atom. The van der Waals surface area contributed by atoms with Gasteiger partial charge in [0.25, 0.3) is 5.91 Å². The molecule has 1 aliphatic heterocycles. The van der Waals surface area contributed by atoms with Crippen molar-refractivity contribution in [3.8, 4) is 5.69 Å². The van der Waals surface area contributed by atoms with Crippen LogP contribution in [0.3, 0.4) is 0 Å². The van der Waals surface area contributed by atoms with Crippen molar-refractivity contribution in [1.82, 2.24) is 14.9 Å². The molecule has 33 heavy (non-hydrogen) atoms. The van der Waals surface area contributed by atoms with Crippen molar-refractivity contribution in [2.45, 2.75) is 32.1 Å². The van der Waals surface area contributed by atoms with Crippen LogP contribution in [0.1, 0.15) is 41.7 Å². The predicted molar refractivity (Wildman–Crippen MR) is 127 cm³/mol. The van der Waals surface area contributed by atoms with Gasteiger partial charge in [-0.2, -0.15) is 0 Å². The average Bonchev–Trinajstić information content (AvgIpc) is 3.27. The van der Waals surface area contributed by atoms with Crippen molar-refractivity contribution >= 4 is 17.8 Å². The summed E-state index contributed by atoms with van der Waals surface area (Å²) in [7, 11) is 0. The number of imidazole rings is 1. The lowest BCUT2D eigenvalue weighted by Crippen LogP contribution is -2.32. The molecule has 2 heterocycles. The average molecular weight is 447 g/mol. The van der Waals surface area contributed by atoms with Crippen molar-refractivity contribution in [3.63, 3.8) is 0 Å². The van der Waals surface area contributed by atoms with E-state index in [2.05, 4.69) is 15.6 Å². The first-order chi connectivity index (χ1) is 16.2. The number of aromatic nitrogens is 2. The summed E-state index contributed by atoms with van der Waals surface area (Å²) >= 11 is 0. The summed E-state index contributed by atoms with van der Waals surface area (Å²) in [4.78, 5) is 29.6. The van der Waals surface area contributed by atoms with Gasteiger partial charge in [-0.15, -0.1) is 0 Å². The van der Waals surface area contributed by atoms with Gasteiger partial charge >= 0.3 is 0 Å². The number of carbonyl (C=O) groups excluding carboxylic acids is 2. The van der Waals surface area contributed by atoms with E-state index in [0.717, 1.165) is 44.0 Å². The van der Waals surface area contributed by atoms with Gasteiger partial charge in [-0.1, -0.05) is 36.4 Å². The Morgan fingerprint density at radius 1 is 1.00 bits per heavy atom. The monoisotopic (exact) mass is 446 g/mol. The second kappa shape index (κ2) is 11.4.